The second kappa shape index (κ2) is 5.49. The van der Waals surface area contributed by atoms with Gasteiger partial charge in [0.05, 0.1) is 5.52 Å². The van der Waals surface area contributed by atoms with Gasteiger partial charge in [-0.05, 0) is 35.6 Å². The van der Waals surface area contributed by atoms with Crippen molar-refractivity contribution in [2.45, 2.75) is 13.5 Å². The smallest absolute Gasteiger partial charge is 0.0577 e. The van der Waals surface area contributed by atoms with E-state index in [0.717, 1.165) is 6.54 Å². The van der Waals surface area contributed by atoms with Gasteiger partial charge in [0.1, 0.15) is 0 Å². The van der Waals surface area contributed by atoms with Crippen LogP contribution in [-0.4, -0.2) is 4.57 Å². The van der Waals surface area contributed by atoms with Crippen LogP contribution in [0, 0.1) is 0 Å². The molecule has 1 aromatic heterocycles. The van der Waals surface area contributed by atoms with Crippen molar-refractivity contribution in [3.63, 3.8) is 0 Å². The van der Waals surface area contributed by atoms with Crippen LogP contribution < -0.4 is 0 Å². The Bertz CT molecular complexity index is 1210. The van der Waals surface area contributed by atoms with Crippen molar-refractivity contribution < 1.29 is 0 Å². The number of hydrogen-bond donors (Lipinski definition) is 0. The minimum Gasteiger partial charge on any atom is -0.340 e. The molecule has 0 aliphatic heterocycles. The molecule has 0 radical (unpaired) electrons. The second-order valence-corrected chi connectivity index (χ2v) is 6.50. The van der Waals surface area contributed by atoms with E-state index in [1.807, 2.05) is 0 Å². The molecule has 0 saturated heterocycles. The third-order valence-corrected chi connectivity index (χ3v) is 5.16. The van der Waals surface area contributed by atoms with E-state index >= 15 is 0 Å². The maximum atomic E-state index is 2.46. The zero-order chi connectivity index (χ0) is 16.8. The molecule has 0 aliphatic rings. The summed E-state index contributed by atoms with van der Waals surface area (Å²) < 4.78 is 2.46. The third kappa shape index (κ3) is 2.02. The summed E-state index contributed by atoms with van der Waals surface area (Å²) in [4.78, 5) is 0. The number of benzene rings is 4. The second-order valence-electron chi connectivity index (χ2n) is 6.50. The van der Waals surface area contributed by atoms with Gasteiger partial charge < -0.3 is 4.57 Å². The maximum Gasteiger partial charge on any atom is 0.0577 e. The predicted octanol–water partition coefficient (Wildman–Crippen LogP) is 6.63. The van der Waals surface area contributed by atoms with Crippen molar-refractivity contribution in [3.8, 4) is 11.1 Å². The Kier molecular flexibility index (Phi) is 3.14. The van der Waals surface area contributed by atoms with Crippen LogP contribution in [0.25, 0.3) is 43.7 Å². The normalized spacial score (nSPS) is 11.6. The molecule has 0 fully saturated rings. The lowest BCUT2D eigenvalue weighted by molar-refractivity contribution is 0.829. The molecule has 0 amide bonds. The number of para-hydroxylation sites is 1. The highest BCUT2D eigenvalue weighted by Crippen LogP contribution is 2.40. The van der Waals surface area contributed by atoms with Gasteiger partial charge >= 0.3 is 0 Å². The fourth-order valence-corrected chi connectivity index (χ4v) is 4.10. The molecule has 0 spiro atoms. The summed E-state index contributed by atoms with van der Waals surface area (Å²) in [5.41, 5.74) is 5.25. The van der Waals surface area contributed by atoms with Crippen molar-refractivity contribution in [3.05, 3.63) is 84.9 Å². The number of aromatic nitrogens is 1. The minimum absolute atomic E-state index is 0.965. The minimum atomic E-state index is 0.965. The quantitative estimate of drug-likeness (QED) is 0.344. The SMILES string of the molecule is CCn1c2ccccc2c2c(-c3ccccc3)cc3ccccc3c21. The predicted molar refractivity (Wildman–Crippen MR) is 108 cm³/mol. The molecule has 4 aromatic carbocycles. The molecule has 1 nitrogen and oxygen atoms in total. The van der Waals surface area contributed by atoms with E-state index in [1.165, 1.54) is 43.7 Å². The standard InChI is InChI=1S/C24H19N/c1-2-25-22-15-9-8-14-20(22)23-21(17-10-4-3-5-11-17)16-18-12-6-7-13-19(18)24(23)25/h3-16H,2H2,1H3. The van der Waals surface area contributed by atoms with E-state index < -0.39 is 0 Å². The highest BCUT2D eigenvalue weighted by atomic mass is 15.0. The van der Waals surface area contributed by atoms with E-state index in [1.54, 1.807) is 0 Å². The van der Waals surface area contributed by atoms with Gasteiger partial charge in [-0.3, -0.25) is 0 Å². The van der Waals surface area contributed by atoms with Crippen molar-refractivity contribution in [2.24, 2.45) is 0 Å². The largest absolute Gasteiger partial charge is 0.340 e. The molecule has 120 valence electrons. The first kappa shape index (κ1) is 14.3. The average molecular weight is 321 g/mol. The third-order valence-electron chi connectivity index (χ3n) is 5.16. The van der Waals surface area contributed by atoms with Crippen LogP contribution in [0.3, 0.4) is 0 Å². The van der Waals surface area contributed by atoms with Gasteiger partial charge in [-0.15, -0.1) is 0 Å². The Balaban J connectivity index is 2.10. The summed E-state index contributed by atoms with van der Waals surface area (Å²) in [6.07, 6.45) is 0. The molecule has 0 bridgehead atoms. The lowest BCUT2D eigenvalue weighted by Gasteiger charge is -2.10. The summed E-state index contributed by atoms with van der Waals surface area (Å²) in [6.45, 7) is 3.20. The monoisotopic (exact) mass is 321 g/mol. The zero-order valence-electron chi connectivity index (χ0n) is 14.2. The number of aryl methyl sites for hydroxylation is 1. The molecule has 0 saturated carbocycles. The van der Waals surface area contributed by atoms with Crippen molar-refractivity contribution >= 4 is 32.6 Å². The Hall–Kier alpha value is -3.06. The summed E-state index contributed by atoms with van der Waals surface area (Å²) in [5.74, 6) is 0. The lowest BCUT2D eigenvalue weighted by atomic mass is 9.95. The molecular formula is C24H19N. The molecule has 0 N–H and O–H groups in total. The highest BCUT2D eigenvalue weighted by molar-refractivity contribution is 6.23. The zero-order valence-corrected chi connectivity index (χ0v) is 14.2. The molecule has 1 heteroatoms. The van der Waals surface area contributed by atoms with Gasteiger partial charge in [0.2, 0.25) is 0 Å². The van der Waals surface area contributed by atoms with E-state index in [9.17, 15) is 0 Å². The fourth-order valence-electron chi connectivity index (χ4n) is 4.10. The van der Waals surface area contributed by atoms with Gasteiger partial charge in [-0.25, -0.2) is 0 Å². The van der Waals surface area contributed by atoms with Gasteiger partial charge in [0.15, 0.2) is 0 Å². The van der Waals surface area contributed by atoms with E-state index in [4.69, 9.17) is 0 Å². The van der Waals surface area contributed by atoms with Gasteiger partial charge in [0, 0.05) is 28.2 Å². The molecule has 0 atom stereocenters. The number of rotatable bonds is 2. The summed E-state index contributed by atoms with van der Waals surface area (Å²) >= 11 is 0. The molecule has 0 unspecified atom stereocenters. The number of nitrogens with zero attached hydrogens (tertiary/aromatic N) is 1. The summed E-state index contributed by atoms with van der Waals surface area (Å²) in [7, 11) is 0. The van der Waals surface area contributed by atoms with Crippen LogP contribution in [0.5, 0.6) is 0 Å². The van der Waals surface area contributed by atoms with Crippen LogP contribution in [0.2, 0.25) is 0 Å². The molecule has 5 rings (SSSR count). The van der Waals surface area contributed by atoms with Crippen LogP contribution in [0.1, 0.15) is 6.92 Å². The number of fused-ring (bicyclic) bond motifs is 5. The summed E-state index contributed by atoms with van der Waals surface area (Å²) in [5, 5.41) is 5.33. The van der Waals surface area contributed by atoms with E-state index in [2.05, 4.69) is 96.4 Å². The summed E-state index contributed by atoms with van der Waals surface area (Å²) in [6, 6.07) is 30.6. The molecule has 0 aliphatic carbocycles. The first-order valence-electron chi connectivity index (χ1n) is 8.86. The van der Waals surface area contributed by atoms with Crippen LogP contribution >= 0.6 is 0 Å². The van der Waals surface area contributed by atoms with Crippen molar-refractivity contribution in [2.75, 3.05) is 0 Å². The van der Waals surface area contributed by atoms with E-state index in [0.29, 0.717) is 0 Å². The first-order valence-corrected chi connectivity index (χ1v) is 8.86. The highest BCUT2D eigenvalue weighted by Gasteiger charge is 2.16. The molecule has 5 aromatic rings. The van der Waals surface area contributed by atoms with Gasteiger partial charge in [-0.1, -0.05) is 72.8 Å². The molecule has 25 heavy (non-hydrogen) atoms. The molecule has 1 heterocycles. The molecular weight excluding hydrogens is 302 g/mol. The Morgan fingerprint density at radius 3 is 2.20 bits per heavy atom. The first-order chi connectivity index (χ1) is 12.4. The van der Waals surface area contributed by atoms with Gasteiger partial charge in [-0.2, -0.15) is 0 Å². The van der Waals surface area contributed by atoms with E-state index in [-0.39, 0.29) is 0 Å². The van der Waals surface area contributed by atoms with Crippen molar-refractivity contribution in [1.29, 1.82) is 0 Å². The topological polar surface area (TPSA) is 4.93 Å². The van der Waals surface area contributed by atoms with Gasteiger partial charge in [0.25, 0.3) is 0 Å². The lowest BCUT2D eigenvalue weighted by Crippen LogP contribution is -1.94. The number of hydrogen-bond acceptors (Lipinski definition) is 0. The average Bonchev–Trinajstić information content (AvgIpc) is 3.03. The van der Waals surface area contributed by atoms with Crippen LogP contribution in [0.15, 0.2) is 84.9 Å². The maximum absolute atomic E-state index is 2.46. The fraction of sp³-hybridized carbons (Fsp3) is 0.0833. The Labute approximate surface area is 147 Å². The van der Waals surface area contributed by atoms with Crippen molar-refractivity contribution in [1.82, 2.24) is 4.57 Å². The Morgan fingerprint density at radius 1 is 0.720 bits per heavy atom. The van der Waals surface area contributed by atoms with Crippen LogP contribution in [-0.2, 0) is 6.54 Å². The Morgan fingerprint density at radius 2 is 1.40 bits per heavy atom. The van der Waals surface area contributed by atoms with Crippen LogP contribution in [0.4, 0.5) is 0 Å².